The third-order valence-electron chi connectivity index (χ3n) is 3.99. The summed E-state index contributed by atoms with van der Waals surface area (Å²) in [6.07, 6.45) is 1.27. The number of nitrogens with one attached hydrogen (secondary N) is 1. The lowest BCUT2D eigenvalue weighted by atomic mass is 9.80. The van der Waals surface area contributed by atoms with Gasteiger partial charge < -0.3 is 5.32 Å². The lowest BCUT2D eigenvalue weighted by molar-refractivity contribution is 0.349. The molecule has 0 amide bonds. The molecule has 1 aromatic carbocycles. The molecule has 1 heteroatoms. The van der Waals surface area contributed by atoms with Crippen molar-refractivity contribution < 1.29 is 0 Å². The van der Waals surface area contributed by atoms with Crippen LogP contribution in [0.5, 0.6) is 0 Å². The molecule has 1 aliphatic heterocycles. The Morgan fingerprint density at radius 1 is 1.12 bits per heavy atom. The lowest BCUT2D eigenvalue weighted by Crippen LogP contribution is -2.33. The standard InChI is InChI=1S/C16H25N/c1-12-11-17-10-9-15(12)13-5-7-14(8-6-13)16(2,3)4/h5-8,12,15,17H,9-11H2,1-4H3/t12-,15+/m1/s1. The van der Waals surface area contributed by atoms with Crippen LogP contribution in [0.1, 0.15) is 51.2 Å². The second kappa shape index (κ2) is 4.81. The zero-order valence-electron chi connectivity index (χ0n) is 11.6. The van der Waals surface area contributed by atoms with Crippen molar-refractivity contribution in [2.75, 3.05) is 13.1 Å². The van der Waals surface area contributed by atoms with Gasteiger partial charge in [-0.3, -0.25) is 0 Å². The Bertz CT molecular complexity index is 358. The molecule has 2 atom stereocenters. The second-order valence-electron chi connectivity index (χ2n) is 6.45. The van der Waals surface area contributed by atoms with Crippen molar-refractivity contribution in [2.24, 2.45) is 5.92 Å². The maximum absolute atomic E-state index is 3.47. The fraction of sp³-hybridized carbons (Fsp3) is 0.625. The van der Waals surface area contributed by atoms with Crippen molar-refractivity contribution in [1.29, 1.82) is 0 Å². The van der Waals surface area contributed by atoms with Crippen molar-refractivity contribution in [3.63, 3.8) is 0 Å². The molecule has 0 unspecified atom stereocenters. The lowest BCUT2D eigenvalue weighted by Gasteiger charge is -2.30. The van der Waals surface area contributed by atoms with Gasteiger partial charge in [-0.25, -0.2) is 0 Å². The predicted octanol–water partition coefficient (Wildman–Crippen LogP) is 3.70. The fourth-order valence-corrected chi connectivity index (χ4v) is 2.74. The van der Waals surface area contributed by atoms with Gasteiger partial charge in [-0.05, 0) is 47.9 Å². The summed E-state index contributed by atoms with van der Waals surface area (Å²) in [4.78, 5) is 0. The topological polar surface area (TPSA) is 12.0 Å². The highest BCUT2D eigenvalue weighted by Gasteiger charge is 2.23. The van der Waals surface area contributed by atoms with E-state index >= 15 is 0 Å². The van der Waals surface area contributed by atoms with Crippen LogP contribution in [0.2, 0.25) is 0 Å². The van der Waals surface area contributed by atoms with Crippen molar-refractivity contribution in [1.82, 2.24) is 5.32 Å². The first-order valence-corrected chi connectivity index (χ1v) is 6.79. The molecule has 2 rings (SSSR count). The molecule has 1 aromatic rings. The van der Waals surface area contributed by atoms with Crippen molar-refractivity contribution >= 4 is 0 Å². The van der Waals surface area contributed by atoms with Crippen LogP contribution in [0, 0.1) is 5.92 Å². The van der Waals surface area contributed by atoms with Gasteiger partial charge in [0, 0.05) is 0 Å². The van der Waals surface area contributed by atoms with Gasteiger partial charge in [-0.15, -0.1) is 0 Å². The monoisotopic (exact) mass is 231 g/mol. The van der Waals surface area contributed by atoms with Crippen LogP contribution in [0.15, 0.2) is 24.3 Å². The Hall–Kier alpha value is -0.820. The van der Waals surface area contributed by atoms with Crippen LogP contribution >= 0.6 is 0 Å². The number of hydrogen-bond acceptors (Lipinski definition) is 1. The summed E-state index contributed by atoms with van der Waals surface area (Å²) in [6, 6.07) is 9.30. The molecule has 1 aliphatic rings. The van der Waals surface area contributed by atoms with Crippen LogP contribution in [0.25, 0.3) is 0 Å². The van der Waals surface area contributed by atoms with E-state index in [4.69, 9.17) is 0 Å². The smallest absolute Gasteiger partial charge is 0.00173 e. The van der Waals surface area contributed by atoms with E-state index in [0.29, 0.717) is 0 Å². The molecule has 0 aromatic heterocycles. The van der Waals surface area contributed by atoms with Crippen LogP contribution in [-0.2, 0) is 5.41 Å². The maximum Gasteiger partial charge on any atom is -0.00173 e. The second-order valence-corrected chi connectivity index (χ2v) is 6.45. The summed E-state index contributed by atoms with van der Waals surface area (Å²) >= 11 is 0. The number of piperidine rings is 1. The van der Waals surface area contributed by atoms with Gasteiger partial charge in [-0.1, -0.05) is 52.0 Å². The van der Waals surface area contributed by atoms with E-state index in [0.717, 1.165) is 24.9 Å². The SMILES string of the molecule is C[C@@H]1CNCC[C@@H]1c1ccc(C(C)(C)C)cc1. The van der Waals surface area contributed by atoms with Gasteiger partial charge in [0.15, 0.2) is 0 Å². The van der Waals surface area contributed by atoms with Gasteiger partial charge in [0.25, 0.3) is 0 Å². The summed E-state index contributed by atoms with van der Waals surface area (Å²) in [5.74, 6) is 1.49. The molecular formula is C16H25N. The summed E-state index contributed by atoms with van der Waals surface area (Å²) in [7, 11) is 0. The summed E-state index contributed by atoms with van der Waals surface area (Å²) in [5, 5.41) is 3.47. The largest absolute Gasteiger partial charge is 0.316 e. The average molecular weight is 231 g/mol. The van der Waals surface area contributed by atoms with Crippen molar-refractivity contribution in [3.8, 4) is 0 Å². The average Bonchev–Trinajstić information content (AvgIpc) is 2.29. The molecule has 0 spiro atoms. The molecule has 0 aliphatic carbocycles. The third-order valence-corrected chi connectivity index (χ3v) is 3.99. The minimum atomic E-state index is 0.262. The highest BCUT2D eigenvalue weighted by atomic mass is 14.9. The predicted molar refractivity (Wildman–Crippen MR) is 74.5 cm³/mol. The molecular weight excluding hydrogens is 206 g/mol. The molecule has 1 heterocycles. The van der Waals surface area contributed by atoms with Gasteiger partial charge in [0.2, 0.25) is 0 Å². The molecule has 0 radical (unpaired) electrons. The van der Waals surface area contributed by atoms with E-state index < -0.39 is 0 Å². The van der Waals surface area contributed by atoms with Crippen LogP contribution in [0.4, 0.5) is 0 Å². The molecule has 17 heavy (non-hydrogen) atoms. The summed E-state index contributed by atoms with van der Waals surface area (Å²) < 4.78 is 0. The minimum absolute atomic E-state index is 0.262. The van der Waals surface area contributed by atoms with Crippen molar-refractivity contribution in [3.05, 3.63) is 35.4 Å². The summed E-state index contributed by atoms with van der Waals surface area (Å²) in [5.41, 5.74) is 3.22. The van der Waals surface area contributed by atoms with Gasteiger partial charge in [0.1, 0.15) is 0 Å². The van der Waals surface area contributed by atoms with Crippen molar-refractivity contribution in [2.45, 2.75) is 45.4 Å². The van der Waals surface area contributed by atoms with E-state index in [1.54, 1.807) is 0 Å². The van der Waals surface area contributed by atoms with Crippen LogP contribution in [-0.4, -0.2) is 13.1 Å². The zero-order valence-corrected chi connectivity index (χ0v) is 11.6. The first kappa shape index (κ1) is 12.6. The Kier molecular flexibility index (Phi) is 3.58. The summed E-state index contributed by atoms with van der Waals surface area (Å²) in [6.45, 7) is 11.5. The number of benzene rings is 1. The third kappa shape index (κ3) is 2.90. The van der Waals surface area contributed by atoms with Crippen LogP contribution < -0.4 is 5.32 Å². The van der Waals surface area contributed by atoms with E-state index in [2.05, 4.69) is 57.3 Å². The Balaban J connectivity index is 2.17. The van der Waals surface area contributed by atoms with E-state index in [-0.39, 0.29) is 5.41 Å². The molecule has 0 bridgehead atoms. The molecule has 1 nitrogen and oxygen atoms in total. The Morgan fingerprint density at radius 2 is 1.76 bits per heavy atom. The normalized spacial score (nSPS) is 25.9. The highest BCUT2D eigenvalue weighted by Crippen LogP contribution is 2.31. The highest BCUT2D eigenvalue weighted by molar-refractivity contribution is 5.30. The van der Waals surface area contributed by atoms with E-state index in [1.807, 2.05) is 0 Å². The van der Waals surface area contributed by atoms with Crippen LogP contribution in [0.3, 0.4) is 0 Å². The zero-order chi connectivity index (χ0) is 12.5. The molecule has 1 saturated heterocycles. The molecule has 1 N–H and O–H groups in total. The quantitative estimate of drug-likeness (QED) is 0.777. The number of hydrogen-bond donors (Lipinski definition) is 1. The maximum atomic E-state index is 3.47. The van der Waals surface area contributed by atoms with E-state index in [9.17, 15) is 0 Å². The molecule has 1 fully saturated rings. The van der Waals surface area contributed by atoms with Gasteiger partial charge >= 0.3 is 0 Å². The Labute approximate surface area is 106 Å². The first-order valence-electron chi connectivity index (χ1n) is 6.79. The molecule has 94 valence electrons. The molecule has 0 saturated carbocycles. The number of rotatable bonds is 1. The fourth-order valence-electron chi connectivity index (χ4n) is 2.74. The Morgan fingerprint density at radius 3 is 2.29 bits per heavy atom. The first-order chi connectivity index (χ1) is 7.98. The minimum Gasteiger partial charge on any atom is -0.316 e. The van der Waals surface area contributed by atoms with Gasteiger partial charge in [0.05, 0.1) is 0 Å². The van der Waals surface area contributed by atoms with E-state index in [1.165, 1.54) is 17.5 Å². The van der Waals surface area contributed by atoms with Gasteiger partial charge in [-0.2, -0.15) is 0 Å².